The van der Waals surface area contributed by atoms with Crippen LogP contribution in [0.1, 0.15) is 120 Å². The van der Waals surface area contributed by atoms with Gasteiger partial charge in [-0.2, -0.15) is 0 Å². The number of aromatic nitrogens is 1. The Morgan fingerprint density at radius 2 is 0.676 bits per heavy atom. The van der Waals surface area contributed by atoms with Crippen LogP contribution < -0.4 is 15.8 Å². The second-order valence-electron chi connectivity index (χ2n) is 21.9. The fourth-order valence-electron chi connectivity index (χ4n) is 13.8. The van der Waals surface area contributed by atoms with Gasteiger partial charge in [0, 0.05) is 55.3 Å². The molecule has 1 aliphatic heterocycles. The van der Waals surface area contributed by atoms with E-state index < -0.39 is 0 Å². The Kier molecular flexibility index (Phi) is 8.54. The summed E-state index contributed by atoms with van der Waals surface area (Å²) in [6.07, 6.45) is 0. The number of benzene rings is 9. The molecule has 4 heteroatoms. The van der Waals surface area contributed by atoms with Crippen LogP contribution in [0.4, 0.5) is 17.1 Å². The van der Waals surface area contributed by atoms with Gasteiger partial charge >= 0.3 is 0 Å². The molecule has 71 heavy (non-hydrogen) atoms. The van der Waals surface area contributed by atoms with Crippen LogP contribution in [0.25, 0.3) is 38.1 Å². The highest BCUT2D eigenvalue weighted by molar-refractivity contribution is 6.10. The van der Waals surface area contributed by atoms with E-state index in [1.54, 1.807) is 0 Å². The smallest absolute Gasteiger partial charge is 0.197 e. The van der Waals surface area contributed by atoms with Gasteiger partial charge in [0.25, 0.3) is 0 Å². The maximum absolute atomic E-state index is 15.8. The number of hydrogen-bond donors (Lipinski definition) is 0. The molecule has 0 fully saturated rings. The van der Waals surface area contributed by atoms with Gasteiger partial charge in [0.2, 0.25) is 0 Å². The van der Waals surface area contributed by atoms with Crippen molar-refractivity contribution >= 4 is 55.2 Å². The van der Waals surface area contributed by atoms with E-state index in [4.69, 9.17) is 0 Å². The topological polar surface area (TPSA) is 41.8 Å². The third-order valence-corrected chi connectivity index (χ3v) is 17.2. The van der Waals surface area contributed by atoms with Crippen molar-refractivity contribution in [2.75, 3.05) is 4.90 Å². The van der Waals surface area contributed by atoms with Crippen molar-refractivity contribution in [2.24, 2.45) is 0 Å². The molecule has 3 aliphatic rings. The first-order valence-corrected chi connectivity index (χ1v) is 25.1. The first-order valence-electron chi connectivity index (χ1n) is 25.1. The summed E-state index contributed by atoms with van der Waals surface area (Å²) in [6.45, 7) is 13.8. The molecule has 2 aliphatic carbocycles. The minimum absolute atomic E-state index is 0.0782. The predicted octanol–water partition coefficient (Wildman–Crippen LogP) is 15.3. The van der Waals surface area contributed by atoms with Crippen LogP contribution in [-0.4, -0.2) is 4.40 Å². The molecule has 0 radical (unpaired) electrons. The van der Waals surface area contributed by atoms with Gasteiger partial charge < -0.3 is 9.30 Å². The molecule has 342 valence electrons. The van der Waals surface area contributed by atoms with E-state index in [1.807, 2.05) is 12.1 Å². The van der Waals surface area contributed by atoms with Gasteiger partial charge in [-0.3, -0.25) is 9.59 Å². The highest BCUT2D eigenvalue weighted by atomic mass is 16.1. The fraction of sp³-hybridized carbons (Fsp3) is 0.164. The second-order valence-corrected chi connectivity index (χ2v) is 21.9. The summed E-state index contributed by atoms with van der Waals surface area (Å²) >= 11 is 0. The van der Waals surface area contributed by atoms with Crippen molar-refractivity contribution in [3.63, 3.8) is 0 Å². The summed E-state index contributed by atoms with van der Waals surface area (Å²) in [7, 11) is 0. The highest BCUT2D eigenvalue weighted by Gasteiger charge is 2.41. The lowest BCUT2D eigenvalue weighted by Crippen LogP contribution is -2.30. The number of hydrogen-bond acceptors (Lipinski definition) is 3. The molecule has 2 aromatic heterocycles. The lowest BCUT2D eigenvalue weighted by Gasteiger charge is -2.42. The van der Waals surface area contributed by atoms with Crippen LogP contribution in [0.3, 0.4) is 0 Å². The molecule has 0 saturated heterocycles. The zero-order chi connectivity index (χ0) is 48.3. The van der Waals surface area contributed by atoms with E-state index in [0.29, 0.717) is 27.1 Å². The van der Waals surface area contributed by atoms with Crippen molar-refractivity contribution in [1.82, 2.24) is 4.40 Å². The molecule has 0 atom stereocenters. The molecule has 9 aromatic carbocycles. The van der Waals surface area contributed by atoms with Crippen molar-refractivity contribution < 1.29 is 0 Å². The molecule has 11 aromatic rings. The predicted molar refractivity (Wildman–Crippen MR) is 292 cm³/mol. The normalized spacial score (nSPS) is 16.3. The maximum Gasteiger partial charge on any atom is 0.197 e. The molecule has 0 spiro atoms. The number of para-hydroxylation sites is 2. The summed E-state index contributed by atoms with van der Waals surface area (Å²) in [6, 6.07) is 69.4. The Morgan fingerprint density at radius 3 is 1.06 bits per heavy atom. The number of fused-ring (bicyclic) bond motifs is 10. The molecule has 0 amide bonds. The van der Waals surface area contributed by atoms with Gasteiger partial charge in [-0.15, -0.1) is 0 Å². The average Bonchev–Trinajstić information content (AvgIpc) is 3.39. The largest absolute Gasteiger partial charge is 0.310 e. The van der Waals surface area contributed by atoms with Crippen molar-refractivity contribution in [1.29, 1.82) is 0 Å². The molecule has 4 nitrogen and oxygen atoms in total. The van der Waals surface area contributed by atoms with E-state index in [9.17, 15) is 0 Å². The zero-order valence-corrected chi connectivity index (χ0v) is 40.8. The molecule has 14 rings (SSSR count). The van der Waals surface area contributed by atoms with Gasteiger partial charge in [0.1, 0.15) is 0 Å². The second kappa shape index (κ2) is 14.5. The quantitative estimate of drug-likeness (QED) is 0.131. The number of anilines is 3. The van der Waals surface area contributed by atoms with E-state index in [-0.39, 0.29) is 38.9 Å². The first-order chi connectivity index (χ1) is 34.4. The van der Waals surface area contributed by atoms with Gasteiger partial charge in [0.15, 0.2) is 10.9 Å². The number of rotatable bonds is 3. The first kappa shape index (κ1) is 41.9. The SMILES string of the molecule is CC1(C)c2ccccc2C(c2ccc3c(c2)c(=O)c2cc(N4c5ccccc5C(C)(C)c5ccccc54)cc4c(=O)c5cc(C6c7ccccc7C(C)(C)c7ccccc76)ccc5n3c24)c2ccccc21. The Bertz CT molecular complexity index is 3870. The lowest BCUT2D eigenvalue weighted by molar-refractivity contribution is 0.597. The summed E-state index contributed by atoms with van der Waals surface area (Å²) < 4.78 is 2.22. The standard InChI is InChI=1S/C67H52N2O2/c1-65(2)50-23-11-7-19-42(50)60(43-20-8-12-24-51(43)65)39-31-33-56-46(35-39)63(70)48-37-41(68-58-29-17-15-27-54(58)67(5,6)55-28-16-18-30-59(55)68)38-49-62(48)69(56)57-34-32-40(36-47(57)64(49)71)61-44-21-9-13-25-52(44)66(3,4)53-26-14-10-22-45(53)61/h7-38,60-61H,1-6H3. The minimum atomic E-state index is -0.281. The van der Waals surface area contributed by atoms with E-state index in [0.717, 1.165) is 39.2 Å². The molecule has 0 bridgehead atoms. The Labute approximate surface area is 413 Å². The van der Waals surface area contributed by atoms with Gasteiger partial charge in [-0.1, -0.05) is 187 Å². The van der Waals surface area contributed by atoms with Crippen molar-refractivity contribution in [3.8, 4) is 0 Å². The van der Waals surface area contributed by atoms with Gasteiger partial charge in [-0.05, 0) is 115 Å². The molecule has 0 unspecified atom stereocenters. The minimum Gasteiger partial charge on any atom is -0.310 e. The van der Waals surface area contributed by atoms with E-state index in [1.165, 1.54) is 55.6 Å². The van der Waals surface area contributed by atoms with E-state index in [2.05, 4.69) is 233 Å². The third kappa shape index (κ3) is 5.56. The van der Waals surface area contributed by atoms with Crippen LogP contribution in [0.15, 0.2) is 204 Å². The summed E-state index contributed by atoms with van der Waals surface area (Å²) in [5, 5.41) is 2.29. The van der Waals surface area contributed by atoms with Crippen molar-refractivity contribution in [3.05, 3.63) is 281 Å². The highest BCUT2D eigenvalue weighted by Crippen LogP contribution is 2.54. The number of pyridine rings is 2. The molecular formula is C67H52N2O2. The molecule has 0 N–H and O–H groups in total. The third-order valence-electron chi connectivity index (χ3n) is 17.2. The monoisotopic (exact) mass is 916 g/mol. The summed E-state index contributed by atoms with van der Waals surface area (Å²) in [5.74, 6) is -0.156. The average molecular weight is 917 g/mol. The zero-order valence-electron chi connectivity index (χ0n) is 40.8. The van der Waals surface area contributed by atoms with E-state index >= 15 is 9.59 Å². The van der Waals surface area contributed by atoms with Crippen LogP contribution in [0.5, 0.6) is 0 Å². The summed E-state index contributed by atoms with van der Waals surface area (Å²) in [4.78, 5) is 33.9. The fourth-order valence-corrected chi connectivity index (χ4v) is 13.8. The summed E-state index contributed by atoms with van der Waals surface area (Å²) in [5.41, 5.74) is 18.9. The van der Waals surface area contributed by atoms with Crippen LogP contribution >= 0.6 is 0 Å². The Morgan fingerprint density at radius 1 is 0.352 bits per heavy atom. The number of nitrogens with zero attached hydrogens (tertiary/aromatic N) is 2. The van der Waals surface area contributed by atoms with Gasteiger partial charge in [0.05, 0.1) is 27.9 Å². The van der Waals surface area contributed by atoms with Crippen molar-refractivity contribution in [2.45, 2.75) is 69.6 Å². The van der Waals surface area contributed by atoms with Crippen LogP contribution in [0.2, 0.25) is 0 Å². The Balaban J connectivity index is 1.09. The maximum atomic E-state index is 15.8. The molecule has 3 heterocycles. The Hall–Kier alpha value is -8.08. The lowest BCUT2D eigenvalue weighted by atomic mass is 9.64. The van der Waals surface area contributed by atoms with Crippen LogP contribution in [-0.2, 0) is 16.2 Å². The molecular weight excluding hydrogens is 865 g/mol. The molecule has 0 saturated carbocycles. The van der Waals surface area contributed by atoms with Crippen LogP contribution in [0, 0.1) is 0 Å². The van der Waals surface area contributed by atoms with Gasteiger partial charge in [-0.25, -0.2) is 0 Å².